The van der Waals surface area contributed by atoms with Crippen molar-refractivity contribution in [2.75, 3.05) is 6.54 Å². The largest absolute Gasteiger partial charge is 0.391 e. The molecule has 2 rings (SSSR count). The zero-order valence-electron chi connectivity index (χ0n) is 11.8. The summed E-state index contributed by atoms with van der Waals surface area (Å²) >= 11 is 0. The van der Waals surface area contributed by atoms with E-state index in [9.17, 15) is 15.3 Å². The highest BCUT2D eigenvalue weighted by Gasteiger charge is 2.45. The molecule has 1 saturated carbocycles. The highest BCUT2D eigenvalue weighted by Crippen LogP contribution is 2.26. The molecule has 0 aromatic carbocycles. The standard InChI is InChI=1S/C12H26N4O5/c13-3-4-1-7(17)8(16)12(20-4)21-11-6(15)2-5(14)9(18)10(11)19/h4-12,17-19H,1-3,13-16H2. The number of aliphatic hydroxyl groups is 3. The number of nitrogens with two attached hydrogens (primary N) is 4. The summed E-state index contributed by atoms with van der Waals surface area (Å²) in [6.07, 6.45) is -4.78. The molecule has 0 aromatic rings. The van der Waals surface area contributed by atoms with Crippen LogP contribution < -0.4 is 22.9 Å². The van der Waals surface area contributed by atoms with E-state index in [4.69, 9.17) is 32.4 Å². The van der Waals surface area contributed by atoms with E-state index >= 15 is 0 Å². The molecule has 0 amide bonds. The van der Waals surface area contributed by atoms with E-state index in [0.29, 0.717) is 12.8 Å². The van der Waals surface area contributed by atoms with Crippen molar-refractivity contribution in [3.63, 3.8) is 0 Å². The van der Waals surface area contributed by atoms with Gasteiger partial charge in [-0.1, -0.05) is 0 Å². The minimum atomic E-state index is -1.24. The number of hydrogen-bond acceptors (Lipinski definition) is 9. The summed E-state index contributed by atoms with van der Waals surface area (Å²) in [6.45, 7) is 0.219. The minimum Gasteiger partial charge on any atom is -0.391 e. The normalized spacial score (nSPS) is 51.9. The molecule has 2 aliphatic rings. The molecule has 11 N–H and O–H groups in total. The van der Waals surface area contributed by atoms with Gasteiger partial charge in [0.05, 0.1) is 24.4 Å². The van der Waals surface area contributed by atoms with E-state index in [2.05, 4.69) is 0 Å². The lowest BCUT2D eigenvalue weighted by atomic mass is 9.84. The molecule has 1 aliphatic heterocycles. The van der Waals surface area contributed by atoms with E-state index in [1.807, 2.05) is 0 Å². The first-order chi connectivity index (χ1) is 9.85. The summed E-state index contributed by atoms with van der Waals surface area (Å²) < 4.78 is 11.2. The zero-order chi connectivity index (χ0) is 15.7. The Kier molecular flexibility index (Phi) is 5.52. The highest BCUT2D eigenvalue weighted by atomic mass is 16.7. The molecule has 0 bridgehead atoms. The smallest absolute Gasteiger partial charge is 0.176 e. The third-order valence-electron chi connectivity index (χ3n) is 4.24. The first-order valence-electron chi connectivity index (χ1n) is 7.17. The van der Waals surface area contributed by atoms with Gasteiger partial charge in [-0.2, -0.15) is 0 Å². The van der Waals surface area contributed by atoms with Gasteiger partial charge >= 0.3 is 0 Å². The predicted octanol–water partition coefficient (Wildman–Crippen LogP) is -4.09. The number of hydrogen-bond donors (Lipinski definition) is 7. The maximum atomic E-state index is 10.1. The lowest BCUT2D eigenvalue weighted by molar-refractivity contribution is -0.265. The van der Waals surface area contributed by atoms with Crippen molar-refractivity contribution in [2.24, 2.45) is 22.9 Å². The Bertz CT molecular complexity index is 350. The van der Waals surface area contributed by atoms with Crippen LogP contribution in [0.3, 0.4) is 0 Å². The second-order valence-electron chi connectivity index (χ2n) is 5.89. The van der Waals surface area contributed by atoms with Gasteiger partial charge in [0, 0.05) is 25.0 Å². The summed E-state index contributed by atoms with van der Waals surface area (Å²) in [5, 5.41) is 29.8. The van der Waals surface area contributed by atoms with Crippen LogP contribution in [-0.4, -0.2) is 76.8 Å². The molecule has 2 fully saturated rings. The lowest BCUT2D eigenvalue weighted by Gasteiger charge is -2.44. The van der Waals surface area contributed by atoms with Crippen LogP contribution in [0.4, 0.5) is 0 Å². The van der Waals surface area contributed by atoms with Crippen LogP contribution in [0.2, 0.25) is 0 Å². The SMILES string of the molecule is NCC1CC(O)C(N)C(OC2C(N)CC(N)C(O)C2O)O1. The van der Waals surface area contributed by atoms with Crippen LogP contribution in [-0.2, 0) is 9.47 Å². The molecule has 0 radical (unpaired) electrons. The average molecular weight is 306 g/mol. The van der Waals surface area contributed by atoms with Gasteiger partial charge in [0.15, 0.2) is 6.29 Å². The summed E-state index contributed by atoms with van der Waals surface area (Å²) in [6, 6.07) is -1.96. The molecule has 0 aromatic heterocycles. The van der Waals surface area contributed by atoms with Gasteiger partial charge in [-0.15, -0.1) is 0 Å². The third kappa shape index (κ3) is 3.52. The molecular weight excluding hydrogens is 280 g/mol. The van der Waals surface area contributed by atoms with Gasteiger partial charge in [0.1, 0.15) is 12.2 Å². The first kappa shape index (κ1) is 17.0. The molecule has 1 heterocycles. The van der Waals surface area contributed by atoms with E-state index < -0.39 is 48.8 Å². The van der Waals surface area contributed by atoms with Crippen LogP contribution in [0.25, 0.3) is 0 Å². The third-order valence-corrected chi connectivity index (χ3v) is 4.24. The van der Waals surface area contributed by atoms with Crippen LogP contribution in [0, 0.1) is 0 Å². The molecule has 9 heteroatoms. The van der Waals surface area contributed by atoms with Crippen LogP contribution in [0.5, 0.6) is 0 Å². The van der Waals surface area contributed by atoms with Crippen molar-refractivity contribution >= 4 is 0 Å². The molecule has 9 unspecified atom stereocenters. The van der Waals surface area contributed by atoms with E-state index in [1.54, 1.807) is 0 Å². The molecule has 1 aliphatic carbocycles. The van der Waals surface area contributed by atoms with Crippen molar-refractivity contribution in [1.82, 2.24) is 0 Å². The average Bonchev–Trinajstić information content (AvgIpc) is 2.45. The molecule has 124 valence electrons. The second-order valence-corrected chi connectivity index (χ2v) is 5.89. The Hall–Kier alpha value is -0.360. The van der Waals surface area contributed by atoms with Gasteiger partial charge in [-0.3, -0.25) is 0 Å². The fourth-order valence-corrected chi connectivity index (χ4v) is 2.84. The quantitative estimate of drug-likeness (QED) is 0.272. The molecule has 9 atom stereocenters. The topological polar surface area (TPSA) is 183 Å². The first-order valence-corrected chi connectivity index (χ1v) is 7.17. The van der Waals surface area contributed by atoms with Crippen molar-refractivity contribution in [1.29, 1.82) is 0 Å². The molecule has 9 nitrogen and oxygen atoms in total. The van der Waals surface area contributed by atoms with Gasteiger partial charge in [0.2, 0.25) is 0 Å². The number of rotatable bonds is 3. The van der Waals surface area contributed by atoms with Gasteiger partial charge < -0.3 is 47.7 Å². The summed E-state index contributed by atoms with van der Waals surface area (Å²) in [5.74, 6) is 0. The summed E-state index contributed by atoms with van der Waals surface area (Å²) in [4.78, 5) is 0. The molecule has 21 heavy (non-hydrogen) atoms. The number of ether oxygens (including phenoxy) is 2. The van der Waals surface area contributed by atoms with Crippen molar-refractivity contribution < 1.29 is 24.8 Å². The van der Waals surface area contributed by atoms with Gasteiger partial charge in [0.25, 0.3) is 0 Å². The lowest BCUT2D eigenvalue weighted by Crippen LogP contribution is -2.65. The molecule has 1 saturated heterocycles. The number of aliphatic hydroxyl groups excluding tert-OH is 3. The fourth-order valence-electron chi connectivity index (χ4n) is 2.84. The summed E-state index contributed by atoms with van der Waals surface area (Å²) in [7, 11) is 0. The van der Waals surface area contributed by atoms with Crippen molar-refractivity contribution in [3.05, 3.63) is 0 Å². The maximum Gasteiger partial charge on any atom is 0.176 e. The Morgan fingerprint density at radius 2 is 1.67 bits per heavy atom. The zero-order valence-corrected chi connectivity index (χ0v) is 11.8. The summed E-state index contributed by atoms with van der Waals surface area (Å²) in [5.41, 5.74) is 23.0. The van der Waals surface area contributed by atoms with Crippen LogP contribution in [0.1, 0.15) is 12.8 Å². The predicted molar refractivity (Wildman–Crippen MR) is 73.8 cm³/mol. The molecule has 0 spiro atoms. The Labute approximate surface area is 123 Å². The van der Waals surface area contributed by atoms with Gasteiger partial charge in [-0.05, 0) is 6.42 Å². The second kappa shape index (κ2) is 6.82. The van der Waals surface area contributed by atoms with E-state index in [-0.39, 0.29) is 12.6 Å². The van der Waals surface area contributed by atoms with Gasteiger partial charge in [-0.25, -0.2) is 0 Å². The van der Waals surface area contributed by atoms with Crippen molar-refractivity contribution in [3.8, 4) is 0 Å². The Morgan fingerprint density at radius 1 is 1.00 bits per heavy atom. The highest BCUT2D eigenvalue weighted by molar-refractivity contribution is 4.98. The maximum absolute atomic E-state index is 10.1. The van der Waals surface area contributed by atoms with Crippen molar-refractivity contribution in [2.45, 2.75) is 67.8 Å². The van der Waals surface area contributed by atoms with E-state index in [1.165, 1.54) is 0 Å². The Balaban J connectivity index is 2.04. The fraction of sp³-hybridized carbons (Fsp3) is 1.00. The minimum absolute atomic E-state index is 0.219. The monoisotopic (exact) mass is 306 g/mol. The van der Waals surface area contributed by atoms with Crippen LogP contribution in [0.15, 0.2) is 0 Å². The molecular formula is C12H26N4O5. The van der Waals surface area contributed by atoms with E-state index in [0.717, 1.165) is 0 Å². The Morgan fingerprint density at radius 3 is 2.29 bits per heavy atom. The van der Waals surface area contributed by atoms with Crippen LogP contribution >= 0.6 is 0 Å².